The molecule has 1 aromatic rings. The van der Waals surface area contributed by atoms with Crippen LogP contribution in [0.25, 0.3) is 0 Å². The Morgan fingerprint density at radius 2 is 1.95 bits per heavy atom. The molecule has 0 spiro atoms. The van der Waals surface area contributed by atoms with Crippen molar-refractivity contribution in [2.75, 3.05) is 0 Å². The summed E-state index contributed by atoms with van der Waals surface area (Å²) in [5.74, 6) is 0.308. The van der Waals surface area contributed by atoms with E-state index in [9.17, 15) is 13.2 Å². The van der Waals surface area contributed by atoms with E-state index in [-0.39, 0.29) is 6.10 Å². The van der Waals surface area contributed by atoms with Gasteiger partial charge in [-0.3, -0.25) is 0 Å². The summed E-state index contributed by atoms with van der Waals surface area (Å²) in [4.78, 5) is 0. The predicted octanol–water partition coefficient (Wildman–Crippen LogP) is 5.31. The van der Waals surface area contributed by atoms with Crippen LogP contribution >= 0.6 is 0 Å². The van der Waals surface area contributed by atoms with E-state index >= 15 is 0 Å². The summed E-state index contributed by atoms with van der Waals surface area (Å²) >= 11 is 0. The smallest absolute Gasteiger partial charge is 0.417 e. The van der Waals surface area contributed by atoms with E-state index < -0.39 is 17.3 Å². The van der Waals surface area contributed by atoms with Crippen LogP contribution in [0.4, 0.5) is 13.2 Å². The molecular weight excluding hydrogens is 279 g/mol. The van der Waals surface area contributed by atoms with E-state index in [1.54, 1.807) is 6.07 Å². The normalized spacial score (nSPS) is 12.8. The van der Waals surface area contributed by atoms with Crippen molar-refractivity contribution in [2.45, 2.75) is 58.2 Å². The first-order valence-corrected chi connectivity index (χ1v) is 7.16. The van der Waals surface area contributed by atoms with E-state index in [2.05, 4.69) is 6.92 Å². The minimum atomic E-state index is -4.52. The highest BCUT2D eigenvalue weighted by atomic mass is 19.4. The molecule has 116 valence electrons. The lowest BCUT2D eigenvalue weighted by Gasteiger charge is -2.16. The lowest BCUT2D eigenvalue weighted by Crippen LogP contribution is -2.13. The van der Waals surface area contributed by atoms with E-state index in [0.717, 1.165) is 37.8 Å². The zero-order valence-corrected chi connectivity index (χ0v) is 12.3. The van der Waals surface area contributed by atoms with Crippen LogP contribution < -0.4 is 4.74 Å². The molecule has 1 aromatic carbocycles. The van der Waals surface area contributed by atoms with Gasteiger partial charge in [-0.25, -0.2) is 0 Å². The van der Waals surface area contributed by atoms with Crippen molar-refractivity contribution >= 4 is 0 Å². The van der Waals surface area contributed by atoms with Gasteiger partial charge in [0.15, 0.2) is 0 Å². The highest BCUT2D eigenvalue weighted by Crippen LogP contribution is 2.33. The lowest BCUT2D eigenvalue weighted by atomic mass is 10.1. The number of nitriles is 1. The van der Waals surface area contributed by atoms with Gasteiger partial charge >= 0.3 is 6.18 Å². The maximum atomic E-state index is 12.7. The van der Waals surface area contributed by atoms with Gasteiger partial charge in [-0.05, 0) is 38.0 Å². The Hall–Kier alpha value is -1.70. The van der Waals surface area contributed by atoms with Crippen molar-refractivity contribution in [3.63, 3.8) is 0 Å². The number of nitrogens with zero attached hydrogens (tertiary/aromatic N) is 1. The van der Waals surface area contributed by atoms with Gasteiger partial charge < -0.3 is 4.74 Å². The molecule has 0 aliphatic rings. The van der Waals surface area contributed by atoms with Crippen molar-refractivity contribution < 1.29 is 17.9 Å². The average Bonchev–Trinajstić information content (AvgIpc) is 2.42. The molecule has 1 rings (SSSR count). The topological polar surface area (TPSA) is 33.0 Å². The van der Waals surface area contributed by atoms with Crippen LogP contribution in [0.2, 0.25) is 0 Å². The minimum absolute atomic E-state index is 0.0786. The van der Waals surface area contributed by atoms with Crippen molar-refractivity contribution in [3.8, 4) is 11.8 Å². The second-order valence-corrected chi connectivity index (χ2v) is 5.09. The molecule has 1 unspecified atom stereocenters. The Morgan fingerprint density at radius 1 is 1.24 bits per heavy atom. The number of benzene rings is 1. The third-order valence-corrected chi connectivity index (χ3v) is 3.22. The monoisotopic (exact) mass is 299 g/mol. The second kappa shape index (κ2) is 7.92. The summed E-state index contributed by atoms with van der Waals surface area (Å²) < 4.78 is 43.6. The second-order valence-electron chi connectivity index (χ2n) is 5.09. The average molecular weight is 299 g/mol. The largest absolute Gasteiger partial charge is 0.491 e. The fourth-order valence-corrected chi connectivity index (χ4v) is 2.09. The zero-order chi connectivity index (χ0) is 15.9. The van der Waals surface area contributed by atoms with Crippen molar-refractivity contribution in [3.05, 3.63) is 29.3 Å². The molecule has 5 heteroatoms. The molecule has 0 bridgehead atoms. The molecule has 0 saturated carbocycles. The quantitative estimate of drug-likeness (QED) is 0.639. The van der Waals surface area contributed by atoms with Crippen LogP contribution in [0.5, 0.6) is 5.75 Å². The van der Waals surface area contributed by atoms with Gasteiger partial charge in [0.1, 0.15) is 5.75 Å². The molecule has 0 fully saturated rings. The van der Waals surface area contributed by atoms with Crippen LogP contribution in [-0.2, 0) is 6.18 Å². The Balaban J connectivity index is 2.67. The Morgan fingerprint density at radius 3 is 2.52 bits per heavy atom. The fraction of sp³-hybridized carbons (Fsp3) is 0.562. The maximum Gasteiger partial charge on any atom is 0.417 e. The molecule has 0 radical (unpaired) electrons. The molecule has 0 heterocycles. The number of ether oxygens (including phenoxy) is 1. The molecular formula is C16H20F3NO. The number of unbranched alkanes of at least 4 members (excludes halogenated alkanes) is 3. The van der Waals surface area contributed by atoms with Gasteiger partial charge in [-0.1, -0.05) is 26.2 Å². The Bertz CT molecular complexity index is 491. The first-order valence-electron chi connectivity index (χ1n) is 7.16. The van der Waals surface area contributed by atoms with E-state index in [1.165, 1.54) is 12.5 Å². The van der Waals surface area contributed by atoms with Crippen LogP contribution in [0.15, 0.2) is 18.2 Å². The first kappa shape index (κ1) is 17.4. The number of hydrogen-bond acceptors (Lipinski definition) is 2. The molecule has 0 aromatic heterocycles. The minimum Gasteiger partial charge on any atom is -0.491 e. The van der Waals surface area contributed by atoms with Crippen LogP contribution in [0.3, 0.4) is 0 Å². The third-order valence-electron chi connectivity index (χ3n) is 3.22. The SMILES string of the molecule is CCCCCCC(C)Oc1ccc(C(F)(F)F)c(C#N)c1. The van der Waals surface area contributed by atoms with Crippen molar-refractivity contribution in [2.24, 2.45) is 0 Å². The van der Waals surface area contributed by atoms with Gasteiger partial charge in [0.05, 0.1) is 23.3 Å². The molecule has 0 saturated heterocycles. The summed E-state index contributed by atoms with van der Waals surface area (Å²) in [6.07, 6.45) is 0.732. The summed E-state index contributed by atoms with van der Waals surface area (Å²) in [5, 5.41) is 8.84. The lowest BCUT2D eigenvalue weighted by molar-refractivity contribution is -0.137. The molecule has 0 amide bonds. The molecule has 1 atom stereocenters. The summed E-state index contributed by atoms with van der Waals surface area (Å²) in [6, 6.07) is 4.90. The summed E-state index contributed by atoms with van der Waals surface area (Å²) in [7, 11) is 0. The molecule has 0 N–H and O–H groups in total. The molecule has 2 nitrogen and oxygen atoms in total. The van der Waals surface area contributed by atoms with Gasteiger partial charge in [0, 0.05) is 0 Å². The van der Waals surface area contributed by atoms with Gasteiger partial charge in [0.25, 0.3) is 0 Å². The van der Waals surface area contributed by atoms with Crippen molar-refractivity contribution in [1.82, 2.24) is 0 Å². The van der Waals surface area contributed by atoms with Gasteiger partial charge in [-0.15, -0.1) is 0 Å². The molecule has 21 heavy (non-hydrogen) atoms. The van der Waals surface area contributed by atoms with Crippen molar-refractivity contribution in [1.29, 1.82) is 5.26 Å². The Kier molecular flexibility index (Phi) is 6.54. The number of alkyl halides is 3. The van der Waals surface area contributed by atoms with Gasteiger partial charge in [-0.2, -0.15) is 18.4 Å². The predicted molar refractivity (Wildman–Crippen MR) is 75.0 cm³/mol. The molecule has 0 aliphatic heterocycles. The van der Waals surface area contributed by atoms with Crippen LogP contribution in [-0.4, -0.2) is 6.10 Å². The van der Waals surface area contributed by atoms with E-state index in [1.807, 2.05) is 6.92 Å². The number of rotatable bonds is 7. The van der Waals surface area contributed by atoms with Crippen LogP contribution in [0, 0.1) is 11.3 Å². The van der Waals surface area contributed by atoms with Gasteiger partial charge in [0.2, 0.25) is 0 Å². The number of halogens is 3. The standard InChI is InChI=1S/C16H20F3NO/c1-3-4-5-6-7-12(2)21-14-8-9-15(16(17,18)19)13(10-14)11-20/h8-10,12H,3-7H2,1-2H3. The summed E-state index contributed by atoms with van der Waals surface area (Å²) in [5.41, 5.74) is -1.33. The zero-order valence-electron chi connectivity index (χ0n) is 12.3. The third kappa shape index (κ3) is 5.66. The fourth-order valence-electron chi connectivity index (χ4n) is 2.09. The number of hydrogen-bond donors (Lipinski definition) is 0. The highest BCUT2D eigenvalue weighted by molar-refractivity contribution is 5.44. The highest BCUT2D eigenvalue weighted by Gasteiger charge is 2.33. The Labute approximate surface area is 123 Å². The van der Waals surface area contributed by atoms with Crippen LogP contribution in [0.1, 0.15) is 57.1 Å². The van der Waals surface area contributed by atoms with E-state index in [0.29, 0.717) is 5.75 Å². The maximum absolute atomic E-state index is 12.7. The molecule has 0 aliphatic carbocycles. The van der Waals surface area contributed by atoms with E-state index in [4.69, 9.17) is 10.00 Å². The first-order chi connectivity index (χ1) is 9.88. The summed E-state index contributed by atoms with van der Waals surface area (Å²) in [6.45, 7) is 4.02.